The summed E-state index contributed by atoms with van der Waals surface area (Å²) in [5.74, 6) is -2.11. The third-order valence-electron chi connectivity index (χ3n) is 4.53. The van der Waals surface area contributed by atoms with Gasteiger partial charge in [0.05, 0.1) is 12.4 Å². The van der Waals surface area contributed by atoms with Gasteiger partial charge >= 0.3 is 6.18 Å². The normalized spacial score (nSPS) is 13.8. The van der Waals surface area contributed by atoms with Crippen LogP contribution in [-0.4, -0.2) is 57.6 Å². The summed E-state index contributed by atoms with van der Waals surface area (Å²) < 4.78 is 54.6. The first kappa shape index (κ1) is 28.8. The summed E-state index contributed by atoms with van der Waals surface area (Å²) in [5.41, 5.74) is 5.96. The van der Waals surface area contributed by atoms with Crippen LogP contribution in [0, 0.1) is 5.82 Å². The maximum absolute atomic E-state index is 14.7. The fourth-order valence-corrected chi connectivity index (χ4v) is 3.80. The SMILES string of the molecule is CN=C(N)S[C@](C)(Cc1cc(NC(=O)c2cnc(OCC(F)(F)F)cn2)ccc1F)C(=O)NC(C)C. The van der Waals surface area contributed by atoms with E-state index in [2.05, 4.69) is 30.3 Å². The van der Waals surface area contributed by atoms with Gasteiger partial charge in [-0.3, -0.25) is 14.6 Å². The Balaban J connectivity index is 2.20. The van der Waals surface area contributed by atoms with E-state index >= 15 is 0 Å². The summed E-state index contributed by atoms with van der Waals surface area (Å²) in [5, 5.41) is 5.45. The van der Waals surface area contributed by atoms with Gasteiger partial charge in [-0.15, -0.1) is 0 Å². The summed E-state index contributed by atoms with van der Waals surface area (Å²) in [6.07, 6.45) is -2.79. The van der Waals surface area contributed by atoms with Gasteiger partial charge in [-0.2, -0.15) is 13.2 Å². The summed E-state index contributed by atoms with van der Waals surface area (Å²) >= 11 is 0.985. The van der Waals surface area contributed by atoms with Gasteiger partial charge in [-0.25, -0.2) is 14.4 Å². The largest absolute Gasteiger partial charge is 0.467 e. The zero-order chi connectivity index (χ0) is 27.1. The average molecular weight is 531 g/mol. The van der Waals surface area contributed by atoms with Crippen LogP contribution in [0.5, 0.6) is 5.88 Å². The van der Waals surface area contributed by atoms with E-state index in [1.165, 1.54) is 19.2 Å². The number of amidine groups is 1. The molecule has 2 rings (SSSR count). The van der Waals surface area contributed by atoms with Crippen molar-refractivity contribution < 1.29 is 31.9 Å². The number of hydrogen-bond donors (Lipinski definition) is 3. The molecule has 1 atom stereocenters. The number of hydrogen-bond acceptors (Lipinski definition) is 7. The lowest BCUT2D eigenvalue weighted by Crippen LogP contribution is -2.47. The van der Waals surface area contributed by atoms with Crippen molar-refractivity contribution in [2.75, 3.05) is 19.0 Å². The maximum Gasteiger partial charge on any atom is 0.422 e. The second-order valence-electron chi connectivity index (χ2n) is 8.10. The summed E-state index contributed by atoms with van der Waals surface area (Å²) in [7, 11) is 1.47. The zero-order valence-electron chi connectivity index (χ0n) is 19.9. The predicted octanol–water partition coefficient (Wildman–Crippen LogP) is 3.31. The van der Waals surface area contributed by atoms with Gasteiger partial charge in [-0.1, -0.05) is 11.8 Å². The molecule has 0 aliphatic rings. The Labute approximate surface area is 209 Å². The lowest BCUT2D eigenvalue weighted by atomic mass is 9.98. The number of amides is 2. The average Bonchev–Trinajstić information content (AvgIpc) is 2.79. The molecule has 0 bridgehead atoms. The number of thioether (sulfide) groups is 1. The number of alkyl halides is 3. The highest BCUT2D eigenvalue weighted by molar-refractivity contribution is 8.15. The van der Waals surface area contributed by atoms with Gasteiger partial charge in [-0.05, 0) is 51.0 Å². The smallest absolute Gasteiger partial charge is 0.422 e. The number of aromatic nitrogens is 2. The van der Waals surface area contributed by atoms with E-state index in [1.807, 2.05) is 0 Å². The Bertz CT molecular complexity index is 1110. The lowest BCUT2D eigenvalue weighted by molar-refractivity contribution is -0.154. The second-order valence-corrected chi connectivity index (χ2v) is 9.63. The van der Waals surface area contributed by atoms with Crippen molar-refractivity contribution in [1.29, 1.82) is 0 Å². The second kappa shape index (κ2) is 12.0. The minimum absolute atomic E-state index is 0.0764. The number of carbonyl (C=O) groups excluding carboxylic acids is 2. The number of ether oxygens (including phenoxy) is 1. The molecule has 9 nitrogen and oxygen atoms in total. The fourth-order valence-electron chi connectivity index (χ4n) is 2.86. The first-order valence-electron chi connectivity index (χ1n) is 10.6. The van der Waals surface area contributed by atoms with Crippen LogP contribution in [0.4, 0.5) is 23.2 Å². The highest BCUT2D eigenvalue weighted by atomic mass is 32.2. The number of nitrogens with two attached hydrogens (primary N) is 1. The number of nitrogens with zero attached hydrogens (tertiary/aromatic N) is 3. The molecule has 0 aliphatic heterocycles. The van der Waals surface area contributed by atoms with Crippen molar-refractivity contribution in [2.45, 2.75) is 44.2 Å². The van der Waals surface area contributed by atoms with E-state index < -0.39 is 35.1 Å². The number of nitrogens with one attached hydrogen (secondary N) is 2. The van der Waals surface area contributed by atoms with Crippen LogP contribution < -0.4 is 21.1 Å². The van der Waals surface area contributed by atoms with Crippen LogP contribution >= 0.6 is 11.8 Å². The Morgan fingerprint density at radius 1 is 1.22 bits per heavy atom. The Hall–Kier alpha value is -3.42. The number of halogens is 4. The summed E-state index contributed by atoms with van der Waals surface area (Å²) in [4.78, 5) is 36.6. The third-order valence-corrected chi connectivity index (χ3v) is 5.70. The van der Waals surface area contributed by atoms with Crippen LogP contribution in [0.3, 0.4) is 0 Å². The number of benzene rings is 1. The first-order chi connectivity index (χ1) is 16.7. The monoisotopic (exact) mass is 530 g/mol. The fraction of sp³-hybridized carbons (Fsp3) is 0.409. The molecule has 36 heavy (non-hydrogen) atoms. The van der Waals surface area contributed by atoms with Gasteiger partial charge < -0.3 is 21.1 Å². The Morgan fingerprint density at radius 3 is 2.47 bits per heavy atom. The first-order valence-corrected chi connectivity index (χ1v) is 11.4. The molecule has 1 aromatic carbocycles. The minimum atomic E-state index is -4.54. The van der Waals surface area contributed by atoms with Crippen molar-refractivity contribution in [3.8, 4) is 5.88 Å². The molecule has 2 aromatic rings. The molecule has 0 aliphatic carbocycles. The van der Waals surface area contributed by atoms with Crippen molar-refractivity contribution in [1.82, 2.24) is 15.3 Å². The van der Waals surface area contributed by atoms with Crippen molar-refractivity contribution in [3.63, 3.8) is 0 Å². The molecule has 0 saturated heterocycles. The van der Waals surface area contributed by atoms with Crippen molar-refractivity contribution in [2.24, 2.45) is 10.7 Å². The molecule has 0 radical (unpaired) electrons. The topological polar surface area (TPSA) is 132 Å². The van der Waals surface area contributed by atoms with Gasteiger partial charge in [0.25, 0.3) is 5.91 Å². The van der Waals surface area contributed by atoms with Gasteiger partial charge in [0, 0.05) is 18.8 Å². The highest BCUT2D eigenvalue weighted by Gasteiger charge is 2.37. The third kappa shape index (κ3) is 8.66. The minimum Gasteiger partial charge on any atom is -0.467 e. The van der Waals surface area contributed by atoms with Crippen LogP contribution in [0.1, 0.15) is 36.8 Å². The molecule has 196 valence electrons. The zero-order valence-corrected chi connectivity index (χ0v) is 20.8. The van der Waals surface area contributed by atoms with Crippen LogP contribution in [0.2, 0.25) is 0 Å². The lowest BCUT2D eigenvalue weighted by Gasteiger charge is -2.28. The van der Waals surface area contributed by atoms with E-state index in [4.69, 9.17) is 5.73 Å². The number of rotatable bonds is 9. The van der Waals surface area contributed by atoms with E-state index in [0.29, 0.717) is 0 Å². The van der Waals surface area contributed by atoms with E-state index in [0.717, 1.165) is 30.2 Å². The number of carbonyl (C=O) groups is 2. The van der Waals surface area contributed by atoms with Crippen LogP contribution in [0.25, 0.3) is 0 Å². The Kier molecular flexibility index (Phi) is 9.62. The quantitative estimate of drug-likeness (QED) is 0.258. The van der Waals surface area contributed by atoms with Crippen LogP contribution in [-0.2, 0) is 11.2 Å². The van der Waals surface area contributed by atoms with E-state index in [9.17, 15) is 27.2 Å². The molecular weight excluding hydrogens is 504 g/mol. The van der Waals surface area contributed by atoms with Gasteiger partial charge in [0.1, 0.15) is 16.3 Å². The predicted molar refractivity (Wildman–Crippen MR) is 128 cm³/mol. The summed E-state index contributed by atoms with van der Waals surface area (Å²) in [6, 6.07) is 3.64. The standard InChI is InChI=1S/C22H26F4N6O3S/c1-12(2)31-19(34)21(3,36-20(27)28-4)8-13-7-14(5-6-15(13)23)32-18(33)16-9-30-17(10-29-16)35-11-22(24,25)26/h5-7,9-10,12H,8,11H2,1-4H3,(H2,27,28)(H,31,34)(H,32,33)/t21-/m1/s1. The molecule has 1 aromatic heterocycles. The van der Waals surface area contributed by atoms with Gasteiger partial charge in [0.15, 0.2) is 11.8 Å². The molecule has 14 heteroatoms. The van der Waals surface area contributed by atoms with Gasteiger partial charge in [0.2, 0.25) is 11.8 Å². The molecule has 4 N–H and O–H groups in total. The molecular formula is C22H26F4N6O3S. The molecule has 0 fully saturated rings. The molecule has 0 spiro atoms. The van der Waals surface area contributed by atoms with Crippen molar-refractivity contribution >= 4 is 34.4 Å². The number of anilines is 1. The van der Waals surface area contributed by atoms with Crippen LogP contribution in [0.15, 0.2) is 35.6 Å². The highest BCUT2D eigenvalue weighted by Crippen LogP contribution is 2.32. The number of aliphatic imine (C=N–C) groups is 1. The molecule has 0 saturated carbocycles. The molecule has 1 heterocycles. The van der Waals surface area contributed by atoms with E-state index in [1.54, 1.807) is 20.8 Å². The Morgan fingerprint density at radius 2 is 1.92 bits per heavy atom. The molecule has 0 unspecified atom stereocenters. The van der Waals surface area contributed by atoms with Crippen molar-refractivity contribution in [3.05, 3.63) is 47.7 Å². The molecule has 2 amide bonds. The van der Waals surface area contributed by atoms with E-state index in [-0.39, 0.29) is 40.5 Å². The summed E-state index contributed by atoms with van der Waals surface area (Å²) in [6.45, 7) is 3.63. The maximum atomic E-state index is 14.7.